The largest absolute Gasteiger partial charge is 0.477 e. The van der Waals surface area contributed by atoms with E-state index in [9.17, 15) is 26.4 Å². The smallest absolute Gasteiger partial charge is 0.391 e. The Morgan fingerprint density at radius 2 is 1.91 bits per heavy atom. The predicted molar refractivity (Wildman–Crippen MR) is 76.0 cm³/mol. The van der Waals surface area contributed by atoms with Crippen LogP contribution in [0.1, 0.15) is 32.6 Å². The molecular weight excluding hydrogens is 337 g/mol. The van der Waals surface area contributed by atoms with Gasteiger partial charge in [0.2, 0.25) is 0 Å². The van der Waals surface area contributed by atoms with Crippen LogP contribution in [0.5, 0.6) is 0 Å². The van der Waals surface area contributed by atoms with E-state index >= 15 is 0 Å². The molecule has 0 spiro atoms. The van der Waals surface area contributed by atoms with E-state index in [1.165, 1.54) is 6.92 Å². The molecule has 0 radical (unpaired) electrons. The van der Waals surface area contributed by atoms with Gasteiger partial charge in [0.05, 0.1) is 11.6 Å². The van der Waals surface area contributed by atoms with Gasteiger partial charge < -0.3 is 5.11 Å². The second-order valence-corrected chi connectivity index (χ2v) is 7.10. The Labute approximate surface area is 131 Å². The normalized spacial score (nSPS) is 28.1. The summed E-state index contributed by atoms with van der Waals surface area (Å²) in [5.41, 5.74) is -0.386. The molecule has 0 aromatic heterocycles. The Morgan fingerprint density at radius 3 is 2.35 bits per heavy atom. The molecule has 1 aliphatic carbocycles. The fraction of sp³-hybridized carbons (Fsp3) is 0.692. The first kappa shape index (κ1) is 17.8. The van der Waals surface area contributed by atoms with Gasteiger partial charge in [-0.25, -0.2) is 9.10 Å². The van der Waals surface area contributed by atoms with Crippen molar-refractivity contribution in [3.05, 3.63) is 11.8 Å². The first-order chi connectivity index (χ1) is 10.6. The van der Waals surface area contributed by atoms with Crippen molar-refractivity contribution in [3.8, 4) is 0 Å². The molecule has 1 aliphatic heterocycles. The van der Waals surface area contributed by atoms with E-state index in [2.05, 4.69) is 4.40 Å². The number of aliphatic carboxylic acids is 1. The monoisotopic (exact) mass is 354 g/mol. The standard InChI is InChI=1S/C13H17F3N2O4S/c1-2-18-11(12(19)20)7-10(17-23(18,21)22)8-3-5-9(6-4-8)13(14,15)16/h7-9H,2-6H2,1H3,(H,19,20). The van der Waals surface area contributed by atoms with Crippen LogP contribution in [0.2, 0.25) is 0 Å². The summed E-state index contributed by atoms with van der Waals surface area (Å²) in [5.74, 6) is -3.28. The number of alkyl halides is 3. The SMILES string of the molecule is CCN1C(C(=O)O)=CC(C2CCC(C(F)(F)F)CC2)=NS1(=O)=O. The van der Waals surface area contributed by atoms with Gasteiger partial charge in [0.25, 0.3) is 0 Å². The Morgan fingerprint density at radius 1 is 1.35 bits per heavy atom. The number of hydrogen-bond acceptors (Lipinski definition) is 3. The lowest BCUT2D eigenvalue weighted by atomic mass is 9.79. The second-order valence-electron chi connectivity index (χ2n) is 5.58. The van der Waals surface area contributed by atoms with Crippen LogP contribution in [0, 0.1) is 11.8 Å². The van der Waals surface area contributed by atoms with E-state index in [-0.39, 0.29) is 37.9 Å². The first-order valence-electron chi connectivity index (χ1n) is 7.20. The van der Waals surface area contributed by atoms with Crippen LogP contribution in [-0.2, 0) is 15.0 Å². The molecule has 0 atom stereocenters. The number of likely N-dealkylation sites (N-methyl/N-ethyl adjacent to an activating group) is 1. The molecule has 0 saturated heterocycles. The molecule has 0 aromatic rings. The van der Waals surface area contributed by atoms with Crippen molar-refractivity contribution in [2.45, 2.75) is 38.8 Å². The van der Waals surface area contributed by atoms with Gasteiger partial charge in [-0.05, 0) is 38.7 Å². The van der Waals surface area contributed by atoms with Crippen LogP contribution in [-0.4, -0.2) is 42.2 Å². The molecule has 0 unspecified atom stereocenters. The number of rotatable bonds is 3. The van der Waals surface area contributed by atoms with Crippen LogP contribution >= 0.6 is 0 Å². The van der Waals surface area contributed by atoms with Gasteiger partial charge in [-0.2, -0.15) is 21.6 Å². The molecule has 1 saturated carbocycles. The highest BCUT2D eigenvalue weighted by molar-refractivity contribution is 7.88. The molecule has 23 heavy (non-hydrogen) atoms. The van der Waals surface area contributed by atoms with Gasteiger partial charge in [0.1, 0.15) is 5.70 Å². The lowest BCUT2D eigenvalue weighted by Crippen LogP contribution is -2.38. The number of hydrogen-bond donors (Lipinski definition) is 1. The summed E-state index contributed by atoms with van der Waals surface area (Å²) in [4.78, 5) is 11.2. The van der Waals surface area contributed by atoms with Crippen LogP contribution in [0.4, 0.5) is 13.2 Å². The topological polar surface area (TPSA) is 87.0 Å². The number of allylic oxidation sites excluding steroid dienone is 1. The summed E-state index contributed by atoms with van der Waals surface area (Å²) in [6.45, 7) is 1.39. The zero-order valence-electron chi connectivity index (χ0n) is 12.4. The zero-order valence-corrected chi connectivity index (χ0v) is 13.2. The molecule has 1 N–H and O–H groups in total. The fourth-order valence-corrected chi connectivity index (χ4v) is 4.23. The van der Waals surface area contributed by atoms with Crippen LogP contribution in [0.25, 0.3) is 0 Å². The first-order valence-corrected chi connectivity index (χ1v) is 8.60. The highest BCUT2D eigenvalue weighted by Crippen LogP contribution is 2.40. The van der Waals surface area contributed by atoms with Crippen molar-refractivity contribution in [1.82, 2.24) is 4.31 Å². The molecule has 0 amide bonds. The maximum Gasteiger partial charge on any atom is 0.391 e. The predicted octanol–water partition coefficient (Wildman–Crippen LogP) is 2.34. The molecule has 1 heterocycles. The maximum atomic E-state index is 12.7. The number of carboxylic acid groups (broad SMARTS) is 1. The summed E-state index contributed by atoms with van der Waals surface area (Å²) in [7, 11) is -4.16. The zero-order chi connectivity index (χ0) is 17.4. The van der Waals surface area contributed by atoms with Crippen molar-refractivity contribution in [1.29, 1.82) is 0 Å². The second kappa shape index (κ2) is 6.14. The lowest BCUT2D eigenvalue weighted by molar-refractivity contribution is -0.182. The van der Waals surface area contributed by atoms with Crippen LogP contribution in [0.15, 0.2) is 16.2 Å². The van der Waals surface area contributed by atoms with Gasteiger partial charge in [0.15, 0.2) is 0 Å². The molecule has 10 heteroatoms. The number of carbonyl (C=O) groups is 1. The lowest BCUT2D eigenvalue weighted by Gasteiger charge is -2.32. The van der Waals surface area contributed by atoms with Gasteiger partial charge in [-0.3, -0.25) is 0 Å². The minimum absolute atomic E-state index is 0.0349. The van der Waals surface area contributed by atoms with Crippen LogP contribution in [0.3, 0.4) is 0 Å². The minimum atomic E-state index is -4.26. The Kier molecular flexibility index (Phi) is 4.74. The Balaban J connectivity index is 2.24. The Bertz CT molecular complexity index is 647. The van der Waals surface area contributed by atoms with Gasteiger partial charge in [-0.1, -0.05) is 0 Å². The minimum Gasteiger partial charge on any atom is -0.477 e. The van der Waals surface area contributed by atoms with E-state index in [4.69, 9.17) is 5.11 Å². The van der Waals surface area contributed by atoms with Crippen molar-refractivity contribution in [2.24, 2.45) is 16.2 Å². The molecule has 130 valence electrons. The maximum absolute atomic E-state index is 12.7. The van der Waals surface area contributed by atoms with E-state index in [1.54, 1.807) is 0 Å². The molecule has 0 aromatic carbocycles. The highest BCUT2D eigenvalue weighted by Gasteiger charge is 2.43. The summed E-state index contributed by atoms with van der Waals surface area (Å²) < 4.78 is 66.4. The average Bonchev–Trinajstić information content (AvgIpc) is 2.44. The molecule has 2 aliphatic rings. The summed E-state index contributed by atoms with van der Waals surface area (Å²) >= 11 is 0. The highest BCUT2D eigenvalue weighted by atomic mass is 32.2. The van der Waals surface area contributed by atoms with E-state index < -0.39 is 39.9 Å². The average molecular weight is 354 g/mol. The van der Waals surface area contributed by atoms with E-state index in [0.717, 1.165) is 6.08 Å². The molecule has 6 nitrogen and oxygen atoms in total. The third-order valence-corrected chi connectivity index (χ3v) is 5.62. The van der Waals surface area contributed by atoms with Crippen LogP contribution < -0.4 is 0 Å². The Hall–Kier alpha value is -1.58. The molecule has 0 bridgehead atoms. The summed E-state index contributed by atoms with van der Waals surface area (Å²) in [6.07, 6.45) is -3.05. The van der Waals surface area contributed by atoms with Crippen molar-refractivity contribution in [3.63, 3.8) is 0 Å². The van der Waals surface area contributed by atoms with Gasteiger partial charge >= 0.3 is 22.4 Å². The number of carboxylic acids is 1. The van der Waals surface area contributed by atoms with Crippen molar-refractivity contribution in [2.75, 3.05) is 6.54 Å². The van der Waals surface area contributed by atoms with Gasteiger partial charge in [-0.15, -0.1) is 4.40 Å². The molecule has 1 fully saturated rings. The molecule has 2 rings (SSSR count). The summed E-state index contributed by atoms with van der Waals surface area (Å²) in [6, 6.07) is 0. The van der Waals surface area contributed by atoms with Crippen molar-refractivity contribution >= 4 is 21.9 Å². The van der Waals surface area contributed by atoms with E-state index in [0.29, 0.717) is 4.31 Å². The van der Waals surface area contributed by atoms with E-state index in [1.807, 2.05) is 0 Å². The number of halogens is 3. The quantitative estimate of drug-likeness (QED) is 0.843. The van der Waals surface area contributed by atoms with Gasteiger partial charge in [0, 0.05) is 12.5 Å². The number of nitrogens with zero attached hydrogens (tertiary/aromatic N) is 2. The molecular formula is C13H17F3N2O4S. The third kappa shape index (κ3) is 3.67. The summed E-state index contributed by atoms with van der Waals surface area (Å²) in [5, 5.41) is 9.16. The fourth-order valence-electron chi connectivity index (χ4n) is 2.96. The van der Waals surface area contributed by atoms with Crippen molar-refractivity contribution < 1.29 is 31.5 Å². The third-order valence-electron chi connectivity index (χ3n) is 4.17.